The van der Waals surface area contributed by atoms with E-state index in [1.54, 1.807) is 6.92 Å². The number of hydrogen-bond acceptors (Lipinski definition) is 0. The summed E-state index contributed by atoms with van der Waals surface area (Å²) < 4.78 is 14.3. The Balaban J connectivity index is 3.16. The molecule has 1 heteroatoms. The van der Waals surface area contributed by atoms with E-state index in [9.17, 15) is 4.39 Å². The molecule has 0 nitrogen and oxygen atoms in total. The Bertz CT molecular complexity index is 145. The van der Waals surface area contributed by atoms with Crippen LogP contribution < -0.4 is 0 Å². The van der Waals surface area contributed by atoms with E-state index >= 15 is 0 Å². The van der Waals surface area contributed by atoms with Crippen LogP contribution in [0, 0.1) is 16.2 Å². The second-order valence-electron chi connectivity index (χ2n) is 5.88. The van der Waals surface area contributed by atoms with Crippen molar-refractivity contribution in [2.24, 2.45) is 16.2 Å². The zero-order valence-corrected chi connectivity index (χ0v) is 9.38. The molecule has 1 aliphatic carbocycles. The molecule has 0 aliphatic heterocycles. The Hall–Kier alpha value is -0.0700. The molecule has 0 bridgehead atoms. The van der Waals surface area contributed by atoms with Gasteiger partial charge in [-0.3, -0.25) is 0 Å². The molecule has 0 aromatic carbocycles. The van der Waals surface area contributed by atoms with Gasteiger partial charge in [-0.25, -0.2) is 4.39 Å². The zero-order valence-electron chi connectivity index (χ0n) is 9.38. The summed E-state index contributed by atoms with van der Waals surface area (Å²) in [5, 5.41) is 0. The van der Waals surface area contributed by atoms with Crippen LogP contribution in [0.25, 0.3) is 0 Å². The minimum atomic E-state index is -1.05. The summed E-state index contributed by atoms with van der Waals surface area (Å²) in [6.07, 6.45) is 0. The topological polar surface area (TPSA) is 0 Å². The van der Waals surface area contributed by atoms with E-state index in [0.29, 0.717) is 0 Å². The summed E-state index contributed by atoms with van der Waals surface area (Å²) in [4.78, 5) is 0. The minimum absolute atomic E-state index is 0.0729. The first-order valence-corrected chi connectivity index (χ1v) is 4.69. The predicted octanol–water partition coefficient (Wildman–Crippen LogP) is 3.81. The van der Waals surface area contributed by atoms with Gasteiger partial charge < -0.3 is 0 Å². The van der Waals surface area contributed by atoms with Crippen molar-refractivity contribution >= 4 is 0 Å². The first kappa shape index (κ1) is 10.0. The molecular weight excluding hydrogens is 151 g/mol. The lowest BCUT2D eigenvalue weighted by Crippen LogP contribution is -2.74. The Kier molecular flexibility index (Phi) is 1.57. The molecule has 0 amide bonds. The molecule has 0 aromatic heterocycles. The van der Waals surface area contributed by atoms with Gasteiger partial charge in [0.2, 0.25) is 0 Å². The fourth-order valence-corrected chi connectivity index (χ4v) is 2.67. The SMILES string of the molecule is CC1(C)C(C)(C)C(C)(F)C1(C)C. The summed E-state index contributed by atoms with van der Waals surface area (Å²) >= 11 is 0. The van der Waals surface area contributed by atoms with E-state index in [2.05, 4.69) is 13.8 Å². The lowest BCUT2D eigenvalue weighted by Gasteiger charge is -2.73. The molecule has 0 N–H and O–H groups in total. The predicted molar refractivity (Wildman–Crippen MR) is 50.9 cm³/mol. The molecule has 0 atom stereocenters. The largest absolute Gasteiger partial charge is 0.243 e. The molecule has 12 heavy (non-hydrogen) atoms. The van der Waals surface area contributed by atoms with Gasteiger partial charge in [-0.05, 0) is 12.3 Å². The summed E-state index contributed by atoms with van der Waals surface area (Å²) in [5.74, 6) is 0. The van der Waals surface area contributed by atoms with E-state index in [4.69, 9.17) is 0 Å². The van der Waals surface area contributed by atoms with Crippen molar-refractivity contribution in [2.75, 3.05) is 0 Å². The highest BCUT2D eigenvalue weighted by molar-refractivity contribution is 5.22. The molecule has 72 valence electrons. The third-order valence-electron chi connectivity index (χ3n) is 5.47. The van der Waals surface area contributed by atoms with Crippen molar-refractivity contribution in [3.63, 3.8) is 0 Å². The van der Waals surface area contributed by atoms with Crippen LogP contribution in [0.15, 0.2) is 0 Å². The number of rotatable bonds is 0. The Labute approximate surface area is 75.5 Å². The van der Waals surface area contributed by atoms with Crippen molar-refractivity contribution in [3.8, 4) is 0 Å². The van der Waals surface area contributed by atoms with Gasteiger partial charge in [-0.2, -0.15) is 0 Å². The highest BCUT2D eigenvalue weighted by atomic mass is 19.1. The lowest BCUT2D eigenvalue weighted by molar-refractivity contribution is -0.294. The molecule has 0 unspecified atom stereocenters. The van der Waals surface area contributed by atoms with E-state index < -0.39 is 5.67 Å². The van der Waals surface area contributed by atoms with Crippen LogP contribution in [0.1, 0.15) is 48.5 Å². The molecule has 0 heterocycles. The smallest absolute Gasteiger partial charge is 0.119 e. The fraction of sp³-hybridized carbons (Fsp3) is 1.00. The summed E-state index contributed by atoms with van der Waals surface area (Å²) in [6, 6.07) is 0. The average Bonchev–Trinajstić information content (AvgIpc) is 1.84. The van der Waals surface area contributed by atoms with Crippen LogP contribution in [0.3, 0.4) is 0 Å². The Morgan fingerprint density at radius 1 is 0.583 bits per heavy atom. The second-order valence-corrected chi connectivity index (χ2v) is 5.88. The summed E-state index contributed by atoms with van der Waals surface area (Å²) in [7, 11) is 0. The van der Waals surface area contributed by atoms with Crippen LogP contribution in [0.5, 0.6) is 0 Å². The molecule has 0 aromatic rings. The highest BCUT2D eigenvalue weighted by Crippen LogP contribution is 2.74. The summed E-state index contributed by atoms with van der Waals surface area (Å²) in [5.41, 5.74) is -1.42. The van der Waals surface area contributed by atoms with E-state index in [-0.39, 0.29) is 16.2 Å². The first-order valence-electron chi connectivity index (χ1n) is 4.69. The van der Waals surface area contributed by atoms with Gasteiger partial charge in [-0.1, -0.05) is 41.5 Å². The van der Waals surface area contributed by atoms with Crippen LogP contribution in [-0.4, -0.2) is 5.67 Å². The third kappa shape index (κ3) is 0.613. The van der Waals surface area contributed by atoms with E-state index in [1.807, 2.05) is 27.7 Å². The van der Waals surface area contributed by atoms with Gasteiger partial charge in [0.1, 0.15) is 5.67 Å². The monoisotopic (exact) mass is 172 g/mol. The van der Waals surface area contributed by atoms with Gasteiger partial charge in [-0.15, -0.1) is 0 Å². The Morgan fingerprint density at radius 2 is 0.833 bits per heavy atom. The maximum atomic E-state index is 14.3. The molecule has 1 fully saturated rings. The lowest BCUT2D eigenvalue weighted by atomic mass is 9.33. The molecule has 0 spiro atoms. The molecule has 1 saturated carbocycles. The van der Waals surface area contributed by atoms with Gasteiger partial charge in [0.05, 0.1) is 0 Å². The molecular formula is C11H21F. The van der Waals surface area contributed by atoms with Crippen molar-refractivity contribution < 1.29 is 4.39 Å². The maximum absolute atomic E-state index is 14.3. The molecule has 0 radical (unpaired) electrons. The fourth-order valence-electron chi connectivity index (χ4n) is 2.67. The normalized spacial score (nSPS) is 34.0. The van der Waals surface area contributed by atoms with Crippen molar-refractivity contribution in [1.29, 1.82) is 0 Å². The highest BCUT2D eigenvalue weighted by Gasteiger charge is 2.74. The van der Waals surface area contributed by atoms with Crippen molar-refractivity contribution in [2.45, 2.75) is 54.1 Å². The summed E-state index contributed by atoms with van der Waals surface area (Å²) in [6.45, 7) is 14.2. The quantitative estimate of drug-likeness (QED) is 0.521. The van der Waals surface area contributed by atoms with Crippen LogP contribution in [-0.2, 0) is 0 Å². The molecule has 1 rings (SSSR count). The Morgan fingerprint density at radius 3 is 0.917 bits per heavy atom. The van der Waals surface area contributed by atoms with Crippen LogP contribution in [0.2, 0.25) is 0 Å². The average molecular weight is 172 g/mol. The van der Waals surface area contributed by atoms with Crippen molar-refractivity contribution in [1.82, 2.24) is 0 Å². The number of alkyl halides is 1. The third-order valence-corrected chi connectivity index (χ3v) is 5.47. The van der Waals surface area contributed by atoms with Gasteiger partial charge in [0.25, 0.3) is 0 Å². The van der Waals surface area contributed by atoms with Crippen LogP contribution >= 0.6 is 0 Å². The van der Waals surface area contributed by atoms with Gasteiger partial charge in [0.15, 0.2) is 0 Å². The van der Waals surface area contributed by atoms with Gasteiger partial charge in [0, 0.05) is 10.8 Å². The van der Waals surface area contributed by atoms with Gasteiger partial charge >= 0.3 is 0 Å². The van der Waals surface area contributed by atoms with Crippen molar-refractivity contribution in [3.05, 3.63) is 0 Å². The molecule has 1 aliphatic rings. The maximum Gasteiger partial charge on any atom is 0.119 e. The number of hydrogen-bond donors (Lipinski definition) is 0. The first-order chi connectivity index (χ1) is 5.00. The zero-order chi connectivity index (χ0) is 10.0. The van der Waals surface area contributed by atoms with E-state index in [1.165, 1.54) is 0 Å². The minimum Gasteiger partial charge on any atom is -0.243 e. The number of halogens is 1. The van der Waals surface area contributed by atoms with Crippen LogP contribution in [0.4, 0.5) is 4.39 Å². The second kappa shape index (κ2) is 1.88. The van der Waals surface area contributed by atoms with E-state index in [0.717, 1.165) is 0 Å². The standard InChI is InChI=1S/C11H21F/c1-8(2)9(3,4)11(7,12)10(8,5)6/h1-7H3. The molecule has 0 saturated heterocycles.